The van der Waals surface area contributed by atoms with Crippen molar-refractivity contribution >= 4 is 35.0 Å². The number of halogens is 1. The van der Waals surface area contributed by atoms with Crippen LogP contribution >= 0.6 is 11.6 Å². The quantitative estimate of drug-likeness (QED) is 0.518. The van der Waals surface area contributed by atoms with Crippen LogP contribution in [0.2, 0.25) is 5.02 Å². The van der Waals surface area contributed by atoms with Crippen LogP contribution in [0, 0.1) is 0 Å². The van der Waals surface area contributed by atoms with Gasteiger partial charge in [-0.2, -0.15) is 0 Å². The van der Waals surface area contributed by atoms with E-state index >= 15 is 0 Å². The van der Waals surface area contributed by atoms with Gasteiger partial charge in [-0.15, -0.1) is 0 Å². The smallest absolute Gasteiger partial charge is 0.338 e. The molecular formula is C19H21ClN2O3. The van der Waals surface area contributed by atoms with Gasteiger partial charge in [0.2, 0.25) is 0 Å². The minimum Gasteiger partial charge on any atom is -0.462 e. The molecular weight excluding hydrogens is 340 g/mol. The molecule has 0 spiro atoms. The van der Waals surface area contributed by atoms with Gasteiger partial charge in [-0.05, 0) is 48.9 Å². The molecule has 0 aliphatic rings. The van der Waals surface area contributed by atoms with Crippen molar-refractivity contribution in [1.82, 2.24) is 0 Å². The third-order valence-electron chi connectivity index (χ3n) is 3.44. The molecule has 2 amide bonds. The van der Waals surface area contributed by atoms with Crippen LogP contribution in [0.15, 0.2) is 48.5 Å². The Bertz CT molecular complexity index is 717. The summed E-state index contributed by atoms with van der Waals surface area (Å²) in [5.41, 5.74) is 1.62. The number of hydrogen-bond donors (Lipinski definition) is 2. The highest BCUT2D eigenvalue weighted by Gasteiger charge is 2.08. The van der Waals surface area contributed by atoms with Gasteiger partial charge in [0.05, 0.1) is 12.2 Å². The zero-order valence-electron chi connectivity index (χ0n) is 14.0. The molecule has 0 bridgehead atoms. The van der Waals surface area contributed by atoms with E-state index < -0.39 is 6.03 Å². The zero-order valence-corrected chi connectivity index (χ0v) is 14.8. The molecule has 2 aromatic rings. The lowest BCUT2D eigenvalue weighted by molar-refractivity contribution is 0.0498. The molecule has 0 aromatic heterocycles. The van der Waals surface area contributed by atoms with Gasteiger partial charge in [0, 0.05) is 16.4 Å². The van der Waals surface area contributed by atoms with E-state index in [0.29, 0.717) is 28.6 Å². The molecule has 0 fully saturated rings. The van der Waals surface area contributed by atoms with Crippen molar-refractivity contribution in [3.63, 3.8) is 0 Å². The highest BCUT2D eigenvalue weighted by atomic mass is 35.5. The molecule has 0 aliphatic heterocycles. The Labute approximate surface area is 152 Å². The maximum absolute atomic E-state index is 12.0. The van der Waals surface area contributed by atoms with Crippen LogP contribution in [0.4, 0.5) is 16.2 Å². The Kier molecular flexibility index (Phi) is 7.29. The van der Waals surface area contributed by atoms with Crippen molar-refractivity contribution in [2.45, 2.75) is 26.2 Å². The number of unbranched alkanes of at least 4 members (excludes halogenated alkanes) is 2. The standard InChI is InChI=1S/C19H21ClN2O3/c1-2-3-4-12-25-18(23)14-8-10-16(11-9-14)21-19(24)22-17-7-5-6-15(20)13-17/h5-11,13H,2-4,12H2,1H3,(H2,21,22,24). The van der Waals surface area contributed by atoms with Crippen molar-refractivity contribution in [3.8, 4) is 0 Å². The molecule has 5 nitrogen and oxygen atoms in total. The molecule has 0 radical (unpaired) electrons. The summed E-state index contributed by atoms with van der Waals surface area (Å²) >= 11 is 5.87. The summed E-state index contributed by atoms with van der Waals surface area (Å²) < 4.78 is 5.19. The predicted molar refractivity (Wildman–Crippen MR) is 100 cm³/mol. The van der Waals surface area contributed by atoms with Crippen LogP contribution in [0.5, 0.6) is 0 Å². The van der Waals surface area contributed by atoms with E-state index in [1.54, 1.807) is 48.5 Å². The van der Waals surface area contributed by atoms with Crippen LogP contribution in [0.25, 0.3) is 0 Å². The van der Waals surface area contributed by atoms with E-state index in [-0.39, 0.29) is 5.97 Å². The fourth-order valence-electron chi connectivity index (χ4n) is 2.15. The fourth-order valence-corrected chi connectivity index (χ4v) is 2.34. The van der Waals surface area contributed by atoms with Gasteiger partial charge in [0.15, 0.2) is 0 Å². The lowest BCUT2D eigenvalue weighted by Crippen LogP contribution is -2.19. The lowest BCUT2D eigenvalue weighted by Gasteiger charge is -2.09. The van der Waals surface area contributed by atoms with Crippen molar-refractivity contribution in [2.24, 2.45) is 0 Å². The number of benzene rings is 2. The van der Waals surface area contributed by atoms with Crippen LogP contribution < -0.4 is 10.6 Å². The zero-order chi connectivity index (χ0) is 18.1. The third kappa shape index (κ3) is 6.47. The average Bonchev–Trinajstić information content (AvgIpc) is 2.59. The van der Waals surface area contributed by atoms with Crippen molar-refractivity contribution in [2.75, 3.05) is 17.2 Å². The Hall–Kier alpha value is -2.53. The normalized spacial score (nSPS) is 10.2. The van der Waals surface area contributed by atoms with E-state index in [2.05, 4.69) is 17.6 Å². The first-order chi connectivity index (χ1) is 12.1. The summed E-state index contributed by atoms with van der Waals surface area (Å²) in [6, 6.07) is 13.0. The number of amides is 2. The van der Waals surface area contributed by atoms with Crippen molar-refractivity contribution in [1.29, 1.82) is 0 Å². The van der Waals surface area contributed by atoms with E-state index in [4.69, 9.17) is 16.3 Å². The number of ether oxygens (including phenoxy) is 1. The molecule has 132 valence electrons. The number of esters is 1. The summed E-state index contributed by atoms with van der Waals surface area (Å²) in [5, 5.41) is 5.91. The average molecular weight is 361 g/mol. The molecule has 2 N–H and O–H groups in total. The van der Waals surface area contributed by atoms with Crippen LogP contribution in [-0.2, 0) is 4.74 Å². The first kappa shape index (κ1) is 18.8. The van der Waals surface area contributed by atoms with Gasteiger partial charge in [0.25, 0.3) is 0 Å². The predicted octanol–water partition coefficient (Wildman–Crippen LogP) is 5.33. The molecule has 6 heteroatoms. The van der Waals surface area contributed by atoms with Gasteiger partial charge in [0.1, 0.15) is 0 Å². The number of carbonyl (C=O) groups is 2. The number of carbonyl (C=O) groups excluding carboxylic acids is 2. The second-order valence-electron chi connectivity index (χ2n) is 5.51. The Balaban J connectivity index is 1.85. The minimum absolute atomic E-state index is 0.356. The molecule has 0 saturated carbocycles. The number of hydrogen-bond acceptors (Lipinski definition) is 3. The second kappa shape index (κ2) is 9.69. The Morgan fingerprint density at radius 2 is 1.72 bits per heavy atom. The number of urea groups is 1. The van der Waals surface area contributed by atoms with Crippen LogP contribution in [-0.4, -0.2) is 18.6 Å². The first-order valence-corrected chi connectivity index (χ1v) is 8.57. The maximum atomic E-state index is 12.0. The summed E-state index contributed by atoms with van der Waals surface area (Å²) in [4.78, 5) is 23.8. The van der Waals surface area contributed by atoms with Gasteiger partial charge in [-0.25, -0.2) is 9.59 Å². The summed E-state index contributed by atoms with van der Waals surface area (Å²) in [7, 11) is 0. The van der Waals surface area contributed by atoms with Gasteiger partial charge in [-0.1, -0.05) is 37.4 Å². The molecule has 25 heavy (non-hydrogen) atoms. The van der Waals surface area contributed by atoms with E-state index in [1.807, 2.05) is 0 Å². The number of anilines is 2. The second-order valence-corrected chi connectivity index (χ2v) is 5.95. The SMILES string of the molecule is CCCCCOC(=O)c1ccc(NC(=O)Nc2cccc(Cl)c2)cc1. The van der Waals surface area contributed by atoms with E-state index in [1.165, 1.54) is 0 Å². The van der Waals surface area contributed by atoms with E-state index in [0.717, 1.165) is 19.3 Å². The Morgan fingerprint density at radius 3 is 2.40 bits per heavy atom. The highest BCUT2D eigenvalue weighted by molar-refractivity contribution is 6.30. The largest absolute Gasteiger partial charge is 0.462 e. The van der Waals surface area contributed by atoms with Gasteiger partial charge < -0.3 is 15.4 Å². The lowest BCUT2D eigenvalue weighted by atomic mass is 10.2. The summed E-state index contributed by atoms with van der Waals surface area (Å²) in [5.74, 6) is -0.356. The fraction of sp³-hybridized carbons (Fsp3) is 0.263. The van der Waals surface area contributed by atoms with E-state index in [9.17, 15) is 9.59 Å². The van der Waals surface area contributed by atoms with Crippen molar-refractivity contribution < 1.29 is 14.3 Å². The molecule has 0 atom stereocenters. The summed E-state index contributed by atoms with van der Waals surface area (Å²) in [6.07, 6.45) is 2.98. The Morgan fingerprint density at radius 1 is 1.00 bits per heavy atom. The van der Waals surface area contributed by atoms with Crippen LogP contribution in [0.1, 0.15) is 36.5 Å². The molecule has 0 aliphatic carbocycles. The first-order valence-electron chi connectivity index (χ1n) is 8.19. The topological polar surface area (TPSA) is 67.4 Å². The number of nitrogens with one attached hydrogen (secondary N) is 2. The van der Waals surface area contributed by atoms with Crippen LogP contribution in [0.3, 0.4) is 0 Å². The molecule has 2 rings (SSSR count). The maximum Gasteiger partial charge on any atom is 0.338 e. The third-order valence-corrected chi connectivity index (χ3v) is 3.68. The summed E-state index contributed by atoms with van der Waals surface area (Å²) in [6.45, 7) is 2.52. The molecule has 0 saturated heterocycles. The monoisotopic (exact) mass is 360 g/mol. The van der Waals surface area contributed by atoms with Gasteiger partial charge in [-0.3, -0.25) is 0 Å². The van der Waals surface area contributed by atoms with Gasteiger partial charge >= 0.3 is 12.0 Å². The molecule has 0 unspecified atom stereocenters. The number of rotatable bonds is 7. The molecule has 2 aromatic carbocycles. The van der Waals surface area contributed by atoms with Crippen molar-refractivity contribution in [3.05, 3.63) is 59.1 Å². The molecule has 0 heterocycles. The minimum atomic E-state index is -0.392. The highest BCUT2D eigenvalue weighted by Crippen LogP contribution is 2.16.